The summed E-state index contributed by atoms with van der Waals surface area (Å²) >= 11 is 0. The Balaban J connectivity index is 1.53. The van der Waals surface area contributed by atoms with Crippen molar-refractivity contribution in [2.75, 3.05) is 13.1 Å². The third-order valence-electron chi connectivity index (χ3n) is 5.17. The van der Waals surface area contributed by atoms with E-state index in [4.69, 9.17) is 4.42 Å². The van der Waals surface area contributed by atoms with Gasteiger partial charge in [-0.25, -0.2) is 22.8 Å². The van der Waals surface area contributed by atoms with E-state index in [2.05, 4.69) is 9.97 Å². The third kappa shape index (κ3) is 3.02. The van der Waals surface area contributed by atoms with Crippen LogP contribution in [0.15, 0.2) is 70.5 Å². The normalized spacial score (nSPS) is 17.9. The highest BCUT2D eigenvalue weighted by molar-refractivity contribution is 7.89. The maximum absolute atomic E-state index is 13.2. The second-order valence-electron chi connectivity index (χ2n) is 6.92. The Morgan fingerprint density at radius 2 is 1.97 bits per heavy atom. The van der Waals surface area contributed by atoms with Gasteiger partial charge in [-0.3, -0.25) is 0 Å². The molecule has 0 radical (unpaired) electrons. The van der Waals surface area contributed by atoms with E-state index in [1.807, 2.05) is 22.8 Å². The predicted octanol–water partition coefficient (Wildman–Crippen LogP) is 3.47. The van der Waals surface area contributed by atoms with Crippen molar-refractivity contribution in [2.45, 2.75) is 17.4 Å². The molecule has 0 amide bonds. The van der Waals surface area contributed by atoms with Crippen molar-refractivity contribution >= 4 is 21.2 Å². The molecule has 1 aliphatic heterocycles. The lowest BCUT2D eigenvalue weighted by molar-refractivity contribution is 0.455. The molecule has 5 rings (SSSR count). The standard InChI is InChI=1S/C20H17FN4O3S/c21-15-3-5-17(6-4-15)29(26,27)24-10-7-16(12-24)25-19(14-8-11-28-13-14)23-18-2-1-9-22-20(18)25/h1-6,8-9,11,13,16H,7,10,12H2/t16-/m1/s1. The quantitative estimate of drug-likeness (QED) is 0.513. The number of nitrogens with zero attached hydrogens (tertiary/aromatic N) is 4. The zero-order valence-corrected chi connectivity index (χ0v) is 16.1. The first-order valence-electron chi connectivity index (χ1n) is 9.15. The number of rotatable bonds is 4. The van der Waals surface area contributed by atoms with Crippen molar-refractivity contribution in [1.82, 2.24) is 18.8 Å². The van der Waals surface area contributed by atoms with Crippen LogP contribution in [0.3, 0.4) is 0 Å². The lowest BCUT2D eigenvalue weighted by Crippen LogP contribution is -2.29. The van der Waals surface area contributed by atoms with E-state index in [-0.39, 0.29) is 17.5 Å². The Labute approximate surface area is 166 Å². The van der Waals surface area contributed by atoms with Gasteiger partial charge in [-0.15, -0.1) is 0 Å². The summed E-state index contributed by atoms with van der Waals surface area (Å²) < 4.78 is 47.8. The highest BCUT2D eigenvalue weighted by Gasteiger charge is 2.35. The first kappa shape index (κ1) is 18.0. The third-order valence-corrected chi connectivity index (χ3v) is 7.05. The summed E-state index contributed by atoms with van der Waals surface area (Å²) in [6, 6.07) is 10.3. The highest BCUT2D eigenvalue weighted by atomic mass is 32.2. The Bertz CT molecular complexity index is 1270. The van der Waals surface area contributed by atoms with E-state index in [1.165, 1.54) is 16.4 Å². The summed E-state index contributed by atoms with van der Waals surface area (Å²) in [4.78, 5) is 9.24. The average Bonchev–Trinajstić information content (AvgIpc) is 3.46. The number of imidazole rings is 1. The number of sulfonamides is 1. The summed E-state index contributed by atoms with van der Waals surface area (Å²) in [7, 11) is -3.71. The monoisotopic (exact) mass is 412 g/mol. The van der Waals surface area contributed by atoms with Crippen LogP contribution >= 0.6 is 0 Å². The van der Waals surface area contributed by atoms with E-state index in [9.17, 15) is 12.8 Å². The van der Waals surface area contributed by atoms with Gasteiger partial charge in [0, 0.05) is 19.3 Å². The molecule has 0 aliphatic carbocycles. The molecule has 7 nitrogen and oxygen atoms in total. The molecular formula is C20H17FN4O3S. The first-order chi connectivity index (χ1) is 14.0. The fourth-order valence-corrected chi connectivity index (χ4v) is 5.26. The van der Waals surface area contributed by atoms with Gasteiger partial charge in [-0.2, -0.15) is 4.31 Å². The molecule has 0 spiro atoms. The van der Waals surface area contributed by atoms with Crippen LogP contribution in [0.4, 0.5) is 4.39 Å². The molecule has 29 heavy (non-hydrogen) atoms. The minimum Gasteiger partial charge on any atom is -0.472 e. The van der Waals surface area contributed by atoms with Crippen molar-refractivity contribution in [1.29, 1.82) is 0 Å². The topological polar surface area (TPSA) is 81.2 Å². The fraction of sp³-hybridized carbons (Fsp3) is 0.200. The summed E-state index contributed by atoms with van der Waals surface area (Å²) in [6.07, 6.45) is 5.50. The van der Waals surface area contributed by atoms with E-state index in [1.54, 1.807) is 18.7 Å². The predicted molar refractivity (Wildman–Crippen MR) is 104 cm³/mol. The van der Waals surface area contributed by atoms with Gasteiger partial charge in [0.05, 0.1) is 22.8 Å². The van der Waals surface area contributed by atoms with Crippen molar-refractivity contribution in [3.63, 3.8) is 0 Å². The Hall–Kier alpha value is -3.04. The maximum Gasteiger partial charge on any atom is 0.243 e. The SMILES string of the molecule is O=S(=O)(c1ccc(F)cc1)N1CC[C@@H](n2c(-c3ccoc3)nc3cccnc32)C1. The van der Waals surface area contributed by atoms with Crippen molar-refractivity contribution in [3.05, 3.63) is 67.0 Å². The van der Waals surface area contributed by atoms with E-state index in [0.717, 1.165) is 23.2 Å². The largest absolute Gasteiger partial charge is 0.472 e. The van der Waals surface area contributed by atoms with Crippen LogP contribution < -0.4 is 0 Å². The van der Waals surface area contributed by atoms with E-state index < -0.39 is 15.8 Å². The zero-order valence-electron chi connectivity index (χ0n) is 15.3. The highest BCUT2D eigenvalue weighted by Crippen LogP contribution is 2.34. The lowest BCUT2D eigenvalue weighted by atomic mass is 10.2. The summed E-state index contributed by atoms with van der Waals surface area (Å²) in [5.74, 6) is 0.224. The Morgan fingerprint density at radius 1 is 1.14 bits per heavy atom. The number of pyridine rings is 1. The number of hydrogen-bond acceptors (Lipinski definition) is 5. The summed E-state index contributed by atoms with van der Waals surface area (Å²) in [6.45, 7) is 0.647. The number of fused-ring (bicyclic) bond motifs is 1. The molecule has 0 saturated carbocycles. The van der Waals surface area contributed by atoms with Crippen LogP contribution in [0.5, 0.6) is 0 Å². The van der Waals surface area contributed by atoms with Crippen LogP contribution in [0, 0.1) is 5.82 Å². The van der Waals surface area contributed by atoms with E-state index in [0.29, 0.717) is 24.4 Å². The van der Waals surface area contributed by atoms with Crippen molar-refractivity contribution in [3.8, 4) is 11.4 Å². The minimum atomic E-state index is -3.71. The van der Waals surface area contributed by atoms with E-state index >= 15 is 0 Å². The number of aromatic nitrogens is 3. The molecule has 1 atom stereocenters. The van der Waals surface area contributed by atoms with Gasteiger partial charge in [0.1, 0.15) is 23.4 Å². The average molecular weight is 412 g/mol. The molecule has 0 bridgehead atoms. The minimum absolute atomic E-state index is 0.0863. The summed E-state index contributed by atoms with van der Waals surface area (Å²) in [5, 5.41) is 0. The Morgan fingerprint density at radius 3 is 2.72 bits per heavy atom. The van der Waals surface area contributed by atoms with Crippen LogP contribution in [-0.2, 0) is 10.0 Å². The van der Waals surface area contributed by atoms with Crippen LogP contribution in [-0.4, -0.2) is 40.3 Å². The smallest absolute Gasteiger partial charge is 0.243 e. The first-order valence-corrected chi connectivity index (χ1v) is 10.6. The number of benzene rings is 1. The van der Waals surface area contributed by atoms with Crippen LogP contribution in [0.25, 0.3) is 22.6 Å². The molecule has 9 heteroatoms. The number of furan rings is 1. The summed E-state index contributed by atoms with van der Waals surface area (Å²) in [5.41, 5.74) is 2.25. The van der Waals surface area contributed by atoms with Gasteiger partial charge >= 0.3 is 0 Å². The van der Waals surface area contributed by atoms with Crippen molar-refractivity contribution in [2.24, 2.45) is 0 Å². The second-order valence-corrected chi connectivity index (χ2v) is 8.86. The molecule has 1 fully saturated rings. The second kappa shape index (κ2) is 6.78. The van der Waals surface area contributed by atoms with Gasteiger partial charge in [-0.1, -0.05) is 0 Å². The van der Waals surface area contributed by atoms with Gasteiger partial charge < -0.3 is 8.98 Å². The number of hydrogen-bond donors (Lipinski definition) is 0. The molecule has 1 saturated heterocycles. The molecule has 148 valence electrons. The molecule has 4 heterocycles. The fourth-order valence-electron chi connectivity index (χ4n) is 3.77. The molecule has 1 aliphatic rings. The molecule has 4 aromatic rings. The van der Waals surface area contributed by atoms with Crippen LogP contribution in [0.1, 0.15) is 12.5 Å². The molecule has 3 aromatic heterocycles. The lowest BCUT2D eigenvalue weighted by Gasteiger charge is -2.18. The molecular weight excluding hydrogens is 395 g/mol. The van der Waals surface area contributed by atoms with Gasteiger partial charge in [0.2, 0.25) is 10.0 Å². The maximum atomic E-state index is 13.2. The molecule has 1 aromatic carbocycles. The molecule has 0 N–H and O–H groups in total. The van der Waals surface area contributed by atoms with Gasteiger partial charge in [0.15, 0.2) is 5.65 Å². The van der Waals surface area contributed by atoms with Gasteiger partial charge in [-0.05, 0) is 48.9 Å². The number of halogens is 1. The molecule has 0 unspecified atom stereocenters. The Kier molecular flexibility index (Phi) is 4.21. The van der Waals surface area contributed by atoms with Crippen LogP contribution in [0.2, 0.25) is 0 Å². The zero-order chi connectivity index (χ0) is 20.0. The van der Waals surface area contributed by atoms with Gasteiger partial charge in [0.25, 0.3) is 0 Å². The van der Waals surface area contributed by atoms with Crippen molar-refractivity contribution < 1.29 is 17.2 Å².